The maximum atomic E-state index is 11.8. The number of hydrogen-bond acceptors (Lipinski definition) is 3. The summed E-state index contributed by atoms with van der Waals surface area (Å²) in [6.07, 6.45) is 4.23. The molecule has 1 fully saturated rings. The van der Waals surface area contributed by atoms with Crippen LogP contribution in [0.3, 0.4) is 0 Å². The van der Waals surface area contributed by atoms with Crippen LogP contribution in [0.1, 0.15) is 30.4 Å². The standard InChI is InChI=1S/C18H26N2O3/c1-23-13-18(22)20-10-8-16(9-11-20)12-15-4-2-14(3-5-15)6-7-17(19)21/h2-5,16H,6-13H2,1H3,(H2,19,21). The number of ether oxygens (including phenoxy) is 1. The Hall–Kier alpha value is -1.88. The van der Waals surface area contributed by atoms with Crippen molar-refractivity contribution in [1.29, 1.82) is 0 Å². The molecule has 1 saturated heterocycles. The number of benzene rings is 1. The van der Waals surface area contributed by atoms with Crippen LogP contribution in [0.25, 0.3) is 0 Å². The third kappa shape index (κ3) is 5.67. The average Bonchev–Trinajstić information content (AvgIpc) is 2.55. The van der Waals surface area contributed by atoms with Crippen molar-refractivity contribution in [2.75, 3.05) is 26.8 Å². The van der Waals surface area contributed by atoms with Gasteiger partial charge < -0.3 is 15.4 Å². The molecule has 1 heterocycles. The first-order valence-electron chi connectivity index (χ1n) is 8.21. The monoisotopic (exact) mass is 318 g/mol. The molecule has 5 heteroatoms. The third-order valence-electron chi connectivity index (χ3n) is 4.44. The molecule has 2 N–H and O–H groups in total. The van der Waals surface area contributed by atoms with Crippen LogP contribution in [-0.4, -0.2) is 43.5 Å². The lowest BCUT2D eigenvalue weighted by Crippen LogP contribution is -2.40. The topological polar surface area (TPSA) is 72.6 Å². The van der Waals surface area contributed by atoms with Gasteiger partial charge in [-0.1, -0.05) is 24.3 Å². The zero-order chi connectivity index (χ0) is 16.7. The van der Waals surface area contributed by atoms with Crippen LogP contribution in [0.5, 0.6) is 0 Å². The number of likely N-dealkylation sites (tertiary alicyclic amines) is 1. The van der Waals surface area contributed by atoms with Gasteiger partial charge in [0.05, 0.1) is 0 Å². The number of piperidine rings is 1. The zero-order valence-electron chi connectivity index (χ0n) is 13.8. The molecular weight excluding hydrogens is 292 g/mol. The highest BCUT2D eigenvalue weighted by Crippen LogP contribution is 2.22. The van der Waals surface area contributed by atoms with E-state index in [2.05, 4.69) is 24.3 Å². The lowest BCUT2D eigenvalue weighted by atomic mass is 9.89. The fourth-order valence-corrected chi connectivity index (χ4v) is 3.04. The molecule has 23 heavy (non-hydrogen) atoms. The van der Waals surface area contributed by atoms with Crippen LogP contribution in [0.4, 0.5) is 0 Å². The van der Waals surface area contributed by atoms with E-state index in [0.29, 0.717) is 18.8 Å². The first-order valence-corrected chi connectivity index (χ1v) is 8.21. The van der Waals surface area contributed by atoms with Crippen LogP contribution in [-0.2, 0) is 27.2 Å². The van der Waals surface area contributed by atoms with Gasteiger partial charge in [-0.2, -0.15) is 0 Å². The number of nitrogens with two attached hydrogens (primary N) is 1. The normalized spacial score (nSPS) is 15.6. The highest BCUT2D eigenvalue weighted by atomic mass is 16.5. The first-order chi connectivity index (χ1) is 11.1. The van der Waals surface area contributed by atoms with E-state index in [1.165, 1.54) is 5.56 Å². The highest BCUT2D eigenvalue weighted by Gasteiger charge is 2.22. The summed E-state index contributed by atoms with van der Waals surface area (Å²) in [5, 5.41) is 0. The van der Waals surface area contributed by atoms with E-state index < -0.39 is 0 Å². The molecule has 5 nitrogen and oxygen atoms in total. The van der Waals surface area contributed by atoms with E-state index in [4.69, 9.17) is 10.5 Å². The molecule has 1 aliphatic heterocycles. The van der Waals surface area contributed by atoms with E-state index in [0.717, 1.165) is 37.9 Å². The molecule has 1 aromatic rings. The quantitative estimate of drug-likeness (QED) is 0.828. The summed E-state index contributed by atoms with van der Waals surface area (Å²) >= 11 is 0. The number of nitrogens with zero attached hydrogens (tertiary/aromatic N) is 1. The van der Waals surface area contributed by atoms with Crippen molar-refractivity contribution in [1.82, 2.24) is 4.90 Å². The minimum atomic E-state index is -0.260. The van der Waals surface area contributed by atoms with E-state index >= 15 is 0 Å². The Morgan fingerprint density at radius 1 is 1.17 bits per heavy atom. The summed E-state index contributed by atoms with van der Waals surface area (Å²) in [6.45, 7) is 1.82. The van der Waals surface area contributed by atoms with Crippen molar-refractivity contribution < 1.29 is 14.3 Å². The van der Waals surface area contributed by atoms with Crippen LogP contribution in [0, 0.1) is 5.92 Å². The number of methoxy groups -OCH3 is 1. The Morgan fingerprint density at radius 2 is 1.78 bits per heavy atom. The summed E-state index contributed by atoms with van der Waals surface area (Å²) in [5.41, 5.74) is 7.63. The van der Waals surface area contributed by atoms with Crippen LogP contribution in [0.15, 0.2) is 24.3 Å². The summed E-state index contributed by atoms with van der Waals surface area (Å²) in [6, 6.07) is 8.43. The summed E-state index contributed by atoms with van der Waals surface area (Å²) in [4.78, 5) is 24.5. The van der Waals surface area contributed by atoms with Crippen molar-refractivity contribution in [3.05, 3.63) is 35.4 Å². The Bertz CT molecular complexity index is 520. The number of amides is 2. The Kier molecular flexibility index (Phi) is 6.59. The molecule has 0 aromatic heterocycles. The molecule has 0 radical (unpaired) electrons. The van der Waals surface area contributed by atoms with E-state index in [1.54, 1.807) is 7.11 Å². The van der Waals surface area contributed by atoms with Crippen LogP contribution >= 0.6 is 0 Å². The first kappa shape index (κ1) is 17.5. The summed E-state index contributed by atoms with van der Waals surface area (Å²) in [5.74, 6) is 0.451. The van der Waals surface area contributed by atoms with Crippen molar-refractivity contribution >= 4 is 11.8 Å². The molecule has 0 saturated carbocycles. The molecule has 0 atom stereocenters. The average molecular weight is 318 g/mol. The second-order valence-electron chi connectivity index (χ2n) is 6.24. The van der Waals surface area contributed by atoms with Crippen molar-refractivity contribution in [2.24, 2.45) is 11.7 Å². The van der Waals surface area contributed by atoms with Gasteiger partial charge in [0, 0.05) is 26.6 Å². The van der Waals surface area contributed by atoms with Crippen LogP contribution in [0.2, 0.25) is 0 Å². The molecule has 0 bridgehead atoms. The van der Waals surface area contributed by atoms with Crippen molar-refractivity contribution in [3.63, 3.8) is 0 Å². The molecule has 2 rings (SSSR count). The van der Waals surface area contributed by atoms with Gasteiger partial charge in [0.15, 0.2) is 0 Å². The summed E-state index contributed by atoms with van der Waals surface area (Å²) in [7, 11) is 1.55. The van der Waals surface area contributed by atoms with E-state index in [-0.39, 0.29) is 18.4 Å². The number of aryl methyl sites for hydroxylation is 1. The number of carbonyl (C=O) groups excluding carboxylic acids is 2. The predicted molar refractivity (Wildman–Crippen MR) is 88.8 cm³/mol. The van der Waals surface area contributed by atoms with Gasteiger partial charge in [-0.15, -0.1) is 0 Å². The van der Waals surface area contributed by atoms with Gasteiger partial charge in [0.1, 0.15) is 6.61 Å². The number of carbonyl (C=O) groups is 2. The molecule has 0 unspecified atom stereocenters. The zero-order valence-corrected chi connectivity index (χ0v) is 13.8. The number of rotatable bonds is 7. The second-order valence-corrected chi connectivity index (χ2v) is 6.24. The summed E-state index contributed by atoms with van der Waals surface area (Å²) < 4.78 is 4.91. The number of primary amides is 1. The van der Waals surface area contributed by atoms with Gasteiger partial charge in [0.25, 0.3) is 0 Å². The van der Waals surface area contributed by atoms with Gasteiger partial charge in [-0.25, -0.2) is 0 Å². The largest absolute Gasteiger partial charge is 0.375 e. The van der Waals surface area contributed by atoms with Gasteiger partial charge in [-0.3, -0.25) is 9.59 Å². The third-order valence-corrected chi connectivity index (χ3v) is 4.44. The SMILES string of the molecule is COCC(=O)N1CCC(Cc2ccc(CCC(N)=O)cc2)CC1. The maximum Gasteiger partial charge on any atom is 0.248 e. The number of hydrogen-bond donors (Lipinski definition) is 1. The van der Waals surface area contributed by atoms with Gasteiger partial charge in [0.2, 0.25) is 11.8 Å². The Morgan fingerprint density at radius 3 is 2.35 bits per heavy atom. The van der Waals surface area contributed by atoms with E-state index in [9.17, 15) is 9.59 Å². The minimum absolute atomic E-state index is 0.0877. The van der Waals surface area contributed by atoms with E-state index in [1.807, 2.05) is 4.90 Å². The van der Waals surface area contributed by atoms with Crippen LogP contribution < -0.4 is 5.73 Å². The molecule has 126 valence electrons. The lowest BCUT2D eigenvalue weighted by Gasteiger charge is -2.32. The molecule has 1 aliphatic rings. The highest BCUT2D eigenvalue weighted by molar-refractivity contribution is 5.77. The fourth-order valence-electron chi connectivity index (χ4n) is 3.04. The smallest absolute Gasteiger partial charge is 0.248 e. The molecular formula is C18H26N2O3. The van der Waals surface area contributed by atoms with Gasteiger partial charge >= 0.3 is 0 Å². The predicted octanol–water partition coefficient (Wildman–Crippen LogP) is 1.53. The second kappa shape index (κ2) is 8.67. The molecule has 0 spiro atoms. The Balaban J connectivity index is 1.77. The maximum absolute atomic E-state index is 11.8. The minimum Gasteiger partial charge on any atom is -0.375 e. The van der Waals surface area contributed by atoms with Crippen molar-refractivity contribution in [2.45, 2.75) is 32.1 Å². The molecule has 2 amide bonds. The fraction of sp³-hybridized carbons (Fsp3) is 0.556. The molecule has 0 aliphatic carbocycles. The van der Waals surface area contributed by atoms with Gasteiger partial charge in [-0.05, 0) is 42.7 Å². The lowest BCUT2D eigenvalue weighted by molar-refractivity contribution is -0.136. The molecule has 1 aromatic carbocycles. The van der Waals surface area contributed by atoms with Crippen molar-refractivity contribution in [3.8, 4) is 0 Å². The Labute approximate surface area is 137 Å².